The van der Waals surface area contributed by atoms with Gasteiger partial charge in [-0.25, -0.2) is 9.67 Å². The van der Waals surface area contributed by atoms with Gasteiger partial charge in [0.05, 0.1) is 6.54 Å². The van der Waals surface area contributed by atoms with Crippen LogP contribution in [-0.2, 0) is 26.8 Å². The number of alkyl halides is 3. The number of tetrazole rings is 1. The summed E-state index contributed by atoms with van der Waals surface area (Å²) < 4.78 is 41.5. The molecule has 0 aromatic carbocycles. The Balaban J connectivity index is 1.74. The Labute approximate surface area is 131 Å². The zero-order valence-electron chi connectivity index (χ0n) is 13.0. The third-order valence-corrected chi connectivity index (χ3v) is 4.15. The lowest BCUT2D eigenvalue weighted by molar-refractivity contribution is -0.141. The molecule has 126 valence electrons. The summed E-state index contributed by atoms with van der Waals surface area (Å²) in [6.07, 6.45) is -1.62. The van der Waals surface area contributed by atoms with Gasteiger partial charge in [0.25, 0.3) is 0 Å². The molecule has 23 heavy (non-hydrogen) atoms. The van der Waals surface area contributed by atoms with E-state index in [0.29, 0.717) is 18.9 Å². The number of nitrogens with zero attached hydrogens (tertiary/aromatic N) is 7. The van der Waals surface area contributed by atoms with Crippen molar-refractivity contribution in [2.45, 2.75) is 31.5 Å². The molecule has 0 amide bonds. The molecule has 3 heterocycles. The molecule has 7 nitrogen and oxygen atoms in total. The molecule has 3 rings (SSSR count). The van der Waals surface area contributed by atoms with Crippen molar-refractivity contribution < 1.29 is 13.2 Å². The highest BCUT2D eigenvalue weighted by molar-refractivity contribution is 5.12. The van der Waals surface area contributed by atoms with Crippen molar-refractivity contribution in [1.82, 2.24) is 34.7 Å². The second-order valence-electron chi connectivity index (χ2n) is 5.89. The zero-order chi connectivity index (χ0) is 16.6. The first-order valence-corrected chi connectivity index (χ1v) is 7.38. The predicted molar refractivity (Wildman–Crippen MR) is 74.3 cm³/mol. The predicted octanol–water partition coefficient (Wildman–Crippen LogP) is 1.34. The quantitative estimate of drug-likeness (QED) is 0.850. The highest BCUT2D eigenvalue weighted by Crippen LogP contribution is 2.32. The summed E-state index contributed by atoms with van der Waals surface area (Å²) in [6.45, 7) is 2.10. The van der Waals surface area contributed by atoms with Crippen LogP contribution in [0.3, 0.4) is 0 Å². The molecule has 2 aromatic heterocycles. The zero-order valence-corrected chi connectivity index (χ0v) is 13.0. The summed E-state index contributed by atoms with van der Waals surface area (Å²) in [7, 11) is 3.38. The third kappa shape index (κ3) is 3.36. The van der Waals surface area contributed by atoms with Gasteiger partial charge in [-0.05, 0) is 29.8 Å². The minimum absolute atomic E-state index is 0.0222. The minimum Gasteiger partial charge on any atom is -0.337 e. The molecule has 1 saturated heterocycles. The third-order valence-electron chi connectivity index (χ3n) is 4.15. The summed E-state index contributed by atoms with van der Waals surface area (Å²) in [6, 6.07) is 0. The van der Waals surface area contributed by atoms with E-state index in [1.54, 1.807) is 18.8 Å². The summed E-state index contributed by atoms with van der Waals surface area (Å²) in [5.74, 6) is 1.20. The van der Waals surface area contributed by atoms with Crippen LogP contribution in [0.4, 0.5) is 13.2 Å². The first-order valence-electron chi connectivity index (χ1n) is 7.38. The monoisotopic (exact) mass is 329 g/mol. The van der Waals surface area contributed by atoms with Gasteiger partial charge in [0, 0.05) is 32.8 Å². The first kappa shape index (κ1) is 15.9. The standard InChI is InChI=1S/C13H18F3N7/c1-21-7-10(13(14,15)16)17-12(21)9-4-3-5-23(6-9)8-11-18-19-20-22(11)2/h7,9H,3-6,8H2,1-2H3/t9-/m0/s1. The number of aryl methyl sites for hydroxylation is 2. The van der Waals surface area contributed by atoms with Crippen LogP contribution in [0.1, 0.15) is 36.1 Å². The molecule has 0 saturated carbocycles. The fourth-order valence-electron chi connectivity index (χ4n) is 2.99. The lowest BCUT2D eigenvalue weighted by Crippen LogP contribution is -2.35. The fourth-order valence-corrected chi connectivity index (χ4v) is 2.99. The number of rotatable bonds is 3. The van der Waals surface area contributed by atoms with Gasteiger partial charge in [0.1, 0.15) is 5.82 Å². The topological polar surface area (TPSA) is 64.7 Å². The van der Waals surface area contributed by atoms with E-state index in [9.17, 15) is 13.2 Å². The Hall–Kier alpha value is -1.97. The Morgan fingerprint density at radius 1 is 1.30 bits per heavy atom. The second-order valence-corrected chi connectivity index (χ2v) is 5.89. The molecule has 0 spiro atoms. The molecular formula is C13H18F3N7. The summed E-state index contributed by atoms with van der Waals surface area (Å²) in [4.78, 5) is 5.97. The van der Waals surface area contributed by atoms with E-state index in [-0.39, 0.29) is 5.92 Å². The molecule has 1 aliphatic heterocycles. The van der Waals surface area contributed by atoms with Crippen molar-refractivity contribution in [2.24, 2.45) is 14.1 Å². The summed E-state index contributed by atoms with van der Waals surface area (Å²) >= 11 is 0. The number of aromatic nitrogens is 6. The van der Waals surface area contributed by atoms with E-state index < -0.39 is 11.9 Å². The SMILES string of the molecule is Cn1cc(C(F)(F)F)nc1[C@H]1CCCN(Cc2nnnn2C)C1. The van der Waals surface area contributed by atoms with Crippen molar-refractivity contribution in [1.29, 1.82) is 0 Å². The van der Waals surface area contributed by atoms with Gasteiger partial charge in [0.2, 0.25) is 0 Å². The van der Waals surface area contributed by atoms with E-state index in [4.69, 9.17) is 0 Å². The number of hydrogen-bond acceptors (Lipinski definition) is 5. The highest BCUT2D eigenvalue weighted by atomic mass is 19.4. The molecule has 0 bridgehead atoms. The van der Waals surface area contributed by atoms with Crippen LogP contribution in [-0.4, -0.2) is 47.7 Å². The molecule has 10 heteroatoms. The van der Waals surface area contributed by atoms with Crippen molar-refractivity contribution in [3.63, 3.8) is 0 Å². The number of piperidine rings is 1. The maximum absolute atomic E-state index is 12.8. The lowest BCUT2D eigenvalue weighted by Gasteiger charge is -2.31. The van der Waals surface area contributed by atoms with Gasteiger partial charge in [-0.3, -0.25) is 4.90 Å². The average Bonchev–Trinajstić information content (AvgIpc) is 3.06. The van der Waals surface area contributed by atoms with Crippen LogP contribution in [0, 0.1) is 0 Å². The van der Waals surface area contributed by atoms with Gasteiger partial charge in [-0.1, -0.05) is 0 Å². The number of halogens is 3. The molecule has 0 aliphatic carbocycles. The maximum Gasteiger partial charge on any atom is 0.434 e. The van der Waals surface area contributed by atoms with E-state index >= 15 is 0 Å². The van der Waals surface area contributed by atoms with Gasteiger partial charge in [-0.2, -0.15) is 13.2 Å². The fraction of sp³-hybridized carbons (Fsp3) is 0.692. The minimum atomic E-state index is -4.41. The lowest BCUT2D eigenvalue weighted by atomic mass is 9.97. The van der Waals surface area contributed by atoms with E-state index in [0.717, 1.165) is 31.4 Å². The largest absolute Gasteiger partial charge is 0.434 e. The number of imidazole rings is 1. The Morgan fingerprint density at radius 3 is 2.70 bits per heavy atom. The van der Waals surface area contributed by atoms with Gasteiger partial charge < -0.3 is 4.57 Å². The molecule has 1 fully saturated rings. The summed E-state index contributed by atoms with van der Waals surface area (Å²) in [5.41, 5.74) is -0.829. The first-order chi connectivity index (χ1) is 10.8. The maximum atomic E-state index is 12.8. The number of hydrogen-bond donors (Lipinski definition) is 0. The normalized spacial score (nSPS) is 20.1. The Kier molecular flexibility index (Phi) is 4.09. The van der Waals surface area contributed by atoms with Crippen LogP contribution in [0.25, 0.3) is 0 Å². The number of likely N-dealkylation sites (tertiary alicyclic amines) is 1. The van der Waals surface area contributed by atoms with E-state index in [1.807, 2.05) is 0 Å². The van der Waals surface area contributed by atoms with Crippen LogP contribution >= 0.6 is 0 Å². The van der Waals surface area contributed by atoms with Crippen molar-refractivity contribution in [3.05, 3.63) is 23.5 Å². The van der Waals surface area contributed by atoms with Crippen LogP contribution < -0.4 is 0 Å². The second kappa shape index (κ2) is 5.91. The Bertz CT molecular complexity index is 675. The van der Waals surface area contributed by atoms with Crippen molar-refractivity contribution in [3.8, 4) is 0 Å². The van der Waals surface area contributed by atoms with E-state index in [1.165, 1.54) is 4.57 Å². The van der Waals surface area contributed by atoms with Crippen molar-refractivity contribution >= 4 is 0 Å². The molecule has 0 unspecified atom stereocenters. The average molecular weight is 329 g/mol. The van der Waals surface area contributed by atoms with Crippen molar-refractivity contribution in [2.75, 3.05) is 13.1 Å². The Morgan fingerprint density at radius 2 is 2.09 bits per heavy atom. The van der Waals surface area contributed by atoms with Crippen LogP contribution in [0.2, 0.25) is 0 Å². The van der Waals surface area contributed by atoms with Gasteiger partial charge >= 0.3 is 6.18 Å². The highest BCUT2D eigenvalue weighted by Gasteiger charge is 2.36. The van der Waals surface area contributed by atoms with Crippen LogP contribution in [0.15, 0.2) is 6.20 Å². The molecule has 0 radical (unpaired) electrons. The summed E-state index contributed by atoms with van der Waals surface area (Å²) in [5, 5.41) is 11.3. The molecule has 2 aromatic rings. The van der Waals surface area contributed by atoms with Gasteiger partial charge in [0.15, 0.2) is 11.5 Å². The molecule has 0 N–H and O–H groups in total. The molecular weight excluding hydrogens is 311 g/mol. The van der Waals surface area contributed by atoms with Crippen LogP contribution in [0.5, 0.6) is 0 Å². The molecule has 1 aliphatic rings. The molecule has 1 atom stereocenters. The smallest absolute Gasteiger partial charge is 0.337 e. The van der Waals surface area contributed by atoms with Gasteiger partial charge in [-0.15, -0.1) is 5.10 Å². The van der Waals surface area contributed by atoms with E-state index in [2.05, 4.69) is 25.4 Å².